The molecule has 0 aliphatic heterocycles. The summed E-state index contributed by atoms with van der Waals surface area (Å²) in [5.41, 5.74) is 0. The molecule has 0 atom stereocenters. The fraction of sp³-hybridized carbons (Fsp3) is 0.900. The second kappa shape index (κ2) is 6.06. The molecule has 1 N–H and O–H groups in total. The highest BCUT2D eigenvalue weighted by Crippen LogP contribution is 2.16. The van der Waals surface area contributed by atoms with Gasteiger partial charge in [0.1, 0.15) is 0 Å². The Morgan fingerprint density at radius 2 is 1.46 bits per heavy atom. The summed E-state index contributed by atoms with van der Waals surface area (Å²) in [5.74, 6) is -0.371. The third kappa shape index (κ3) is 4.96. The van der Waals surface area contributed by atoms with Crippen molar-refractivity contribution in [3.05, 3.63) is 0 Å². The largest absolute Gasteiger partial charge is 0.363 e. The Balaban J connectivity index is 2.27. The molecule has 0 spiro atoms. The smallest absolute Gasteiger partial charge is 0.200 e. The minimum absolute atomic E-state index is 0.329. The summed E-state index contributed by atoms with van der Waals surface area (Å²) in [6, 6.07) is 0.329. The van der Waals surface area contributed by atoms with Crippen LogP contribution in [0.4, 0.5) is 4.79 Å². The standard InChI is InChI=1S/C10H18BNO/c11-10(13)12-9-7-5-3-1-2-4-6-8-9/h9H,1-8H2,(H,12,13). The van der Waals surface area contributed by atoms with Crippen molar-refractivity contribution in [2.75, 3.05) is 0 Å². The molecular formula is C10H18BNO. The molecule has 72 valence electrons. The van der Waals surface area contributed by atoms with Gasteiger partial charge in [-0.3, -0.25) is 4.79 Å². The lowest BCUT2D eigenvalue weighted by molar-refractivity contribution is 0.254. The van der Waals surface area contributed by atoms with Crippen LogP contribution in [-0.4, -0.2) is 19.7 Å². The highest BCUT2D eigenvalue weighted by molar-refractivity contribution is 6.57. The second-order valence-electron chi connectivity index (χ2n) is 3.90. The summed E-state index contributed by atoms with van der Waals surface area (Å²) in [6.07, 6.45) is 9.96. The number of carbonyl (C=O) groups is 1. The van der Waals surface area contributed by atoms with Crippen molar-refractivity contribution in [1.82, 2.24) is 5.32 Å². The van der Waals surface area contributed by atoms with Crippen molar-refractivity contribution in [3.63, 3.8) is 0 Å². The first kappa shape index (κ1) is 10.6. The van der Waals surface area contributed by atoms with Crippen LogP contribution < -0.4 is 5.32 Å². The van der Waals surface area contributed by atoms with Crippen LogP contribution in [0.2, 0.25) is 0 Å². The Kier molecular flexibility index (Phi) is 4.95. The first-order valence-electron chi connectivity index (χ1n) is 5.35. The zero-order valence-electron chi connectivity index (χ0n) is 8.22. The summed E-state index contributed by atoms with van der Waals surface area (Å²) in [6.45, 7) is 0. The van der Waals surface area contributed by atoms with Crippen molar-refractivity contribution in [2.24, 2.45) is 0 Å². The molecule has 13 heavy (non-hydrogen) atoms. The zero-order chi connectivity index (χ0) is 9.52. The normalized spacial score (nSPS) is 21.2. The van der Waals surface area contributed by atoms with E-state index >= 15 is 0 Å². The van der Waals surface area contributed by atoms with E-state index in [1.807, 2.05) is 0 Å². The van der Waals surface area contributed by atoms with Crippen LogP contribution in [0.15, 0.2) is 0 Å². The van der Waals surface area contributed by atoms with E-state index in [-0.39, 0.29) is 5.81 Å². The maximum absolute atomic E-state index is 10.7. The van der Waals surface area contributed by atoms with Crippen LogP contribution in [0, 0.1) is 0 Å². The Morgan fingerprint density at radius 1 is 1.00 bits per heavy atom. The summed E-state index contributed by atoms with van der Waals surface area (Å²) >= 11 is 0. The number of amides is 1. The van der Waals surface area contributed by atoms with Crippen molar-refractivity contribution in [2.45, 2.75) is 57.4 Å². The zero-order valence-corrected chi connectivity index (χ0v) is 8.22. The molecule has 0 aromatic heterocycles. The van der Waals surface area contributed by atoms with E-state index in [1.54, 1.807) is 0 Å². The lowest BCUT2D eigenvalue weighted by atomic mass is 10.0. The van der Waals surface area contributed by atoms with E-state index in [9.17, 15) is 4.79 Å². The molecule has 0 saturated heterocycles. The molecule has 3 heteroatoms. The van der Waals surface area contributed by atoms with Crippen LogP contribution in [0.1, 0.15) is 51.4 Å². The van der Waals surface area contributed by atoms with Crippen molar-refractivity contribution in [3.8, 4) is 0 Å². The quantitative estimate of drug-likeness (QED) is 0.615. The Labute approximate surface area is 81.9 Å². The van der Waals surface area contributed by atoms with Gasteiger partial charge in [0.05, 0.1) is 0 Å². The third-order valence-electron chi connectivity index (χ3n) is 2.70. The molecule has 0 unspecified atom stereocenters. The lowest BCUT2D eigenvalue weighted by Crippen LogP contribution is -2.33. The highest BCUT2D eigenvalue weighted by Gasteiger charge is 2.10. The van der Waals surface area contributed by atoms with E-state index in [2.05, 4.69) is 5.32 Å². The second-order valence-corrected chi connectivity index (χ2v) is 3.90. The number of nitrogens with one attached hydrogen (secondary N) is 1. The number of hydrogen-bond donors (Lipinski definition) is 1. The third-order valence-corrected chi connectivity index (χ3v) is 2.70. The van der Waals surface area contributed by atoms with Gasteiger partial charge in [0, 0.05) is 6.04 Å². The molecule has 1 amide bonds. The fourth-order valence-electron chi connectivity index (χ4n) is 1.98. The SMILES string of the molecule is [B]C(=O)NC1CCCCCCCC1. The molecule has 2 radical (unpaired) electrons. The maximum Gasteiger partial charge on any atom is 0.200 e. The number of rotatable bonds is 1. The van der Waals surface area contributed by atoms with Crippen molar-refractivity contribution < 1.29 is 4.79 Å². The summed E-state index contributed by atoms with van der Waals surface area (Å²) in [4.78, 5) is 10.7. The van der Waals surface area contributed by atoms with Crippen LogP contribution in [-0.2, 0) is 0 Å². The van der Waals surface area contributed by atoms with Gasteiger partial charge in [-0.05, 0) is 12.8 Å². The predicted molar refractivity (Wildman–Crippen MR) is 55.0 cm³/mol. The van der Waals surface area contributed by atoms with Gasteiger partial charge in [0.15, 0.2) is 5.81 Å². The van der Waals surface area contributed by atoms with Crippen LogP contribution in [0.5, 0.6) is 0 Å². The summed E-state index contributed by atoms with van der Waals surface area (Å²) < 4.78 is 0. The first-order chi connectivity index (χ1) is 6.29. The minimum atomic E-state index is -0.371. The van der Waals surface area contributed by atoms with E-state index in [0.717, 1.165) is 12.8 Å². The van der Waals surface area contributed by atoms with Crippen molar-refractivity contribution in [1.29, 1.82) is 0 Å². The molecule has 1 rings (SSSR count). The molecule has 2 nitrogen and oxygen atoms in total. The van der Waals surface area contributed by atoms with Gasteiger partial charge in [-0.15, -0.1) is 0 Å². The molecular weight excluding hydrogens is 161 g/mol. The van der Waals surface area contributed by atoms with Gasteiger partial charge in [-0.1, -0.05) is 38.5 Å². The maximum atomic E-state index is 10.7. The Bertz CT molecular complexity index is 151. The highest BCUT2D eigenvalue weighted by atomic mass is 16.1. The minimum Gasteiger partial charge on any atom is -0.363 e. The summed E-state index contributed by atoms with van der Waals surface area (Å²) in [7, 11) is 5.10. The molecule has 0 heterocycles. The van der Waals surface area contributed by atoms with Gasteiger partial charge < -0.3 is 5.32 Å². The average Bonchev–Trinajstić information content (AvgIpc) is 2.17. The monoisotopic (exact) mass is 179 g/mol. The molecule has 1 aliphatic carbocycles. The van der Waals surface area contributed by atoms with Crippen LogP contribution in [0.25, 0.3) is 0 Å². The van der Waals surface area contributed by atoms with Gasteiger partial charge in [-0.25, -0.2) is 0 Å². The van der Waals surface area contributed by atoms with Gasteiger partial charge >= 0.3 is 0 Å². The first-order valence-corrected chi connectivity index (χ1v) is 5.35. The van der Waals surface area contributed by atoms with Crippen LogP contribution >= 0.6 is 0 Å². The number of hydrogen-bond acceptors (Lipinski definition) is 1. The predicted octanol–water partition coefficient (Wildman–Crippen LogP) is 2.37. The molecule has 0 bridgehead atoms. The molecule has 1 fully saturated rings. The van der Waals surface area contributed by atoms with Gasteiger partial charge in [-0.2, -0.15) is 0 Å². The van der Waals surface area contributed by atoms with E-state index in [4.69, 9.17) is 7.85 Å². The topological polar surface area (TPSA) is 29.1 Å². The van der Waals surface area contributed by atoms with Gasteiger partial charge in [0.25, 0.3) is 0 Å². The molecule has 1 aliphatic rings. The average molecular weight is 179 g/mol. The summed E-state index contributed by atoms with van der Waals surface area (Å²) in [5, 5.41) is 2.82. The van der Waals surface area contributed by atoms with E-state index in [1.165, 1.54) is 38.5 Å². The van der Waals surface area contributed by atoms with Crippen LogP contribution in [0.3, 0.4) is 0 Å². The van der Waals surface area contributed by atoms with Gasteiger partial charge in [0.2, 0.25) is 7.85 Å². The van der Waals surface area contributed by atoms with E-state index < -0.39 is 0 Å². The fourth-order valence-corrected chi connectivity index (χ4v) is 1.98. The molecule has 1 saturated carbocycles. The van der Waals surface area contributed by atoms with E-state index in [0.29, 0.717) is 6.04 Å². The van der Waals surface area contributed by atoms with Crippen molar-refractivity contribution >= 4 is 13.7 Å². The Hall–Kier alpha value is -0.465. The molecule has 0 aromatic rings. The molecule has 0 aromatic carbocycles. The Morgan fingerprint density at radius 3 is 1.92 bits per heavy atom. The lowest BCUT2D eigenvalue weighted by Gasteiger charge is -2.16. The number of carbonyl (C=O) groups excluding carboxylic acids is 1.